The lowest BCUT2D eigenvalue weighted by molar-refractivity contribution is -0.117. The van der Waals surface area contributed by atoms with Crippen LogP contribution in [0.4, 0.5) is 17.3 Å². The van der Waals surface area contributed by atoms with Gasteiger partial charge in [-0.3, -0.25) is 19.3 Å². The van der Waals surface area contributed by atoms with E-state index in [9.17, 15) is 19.5 Å². The fourth-order valence-corrected chi connectivity index (χ4v) is 6.46. The zero-order valence-corrected chi connectivity index (χ0v) is 27.0. The molecule has 6 rings (SSSR count). The molecule has 0 fully saturated rings. The van der Waals surface area contributed by atoms with Crippen molar-refractivity contribution in [1.82, 2.24) is 24.4 Å². The summed E-state index contributed by atoms with van der Waals surface area (Å²) in [6.07, 6.45) is 6.38. The summed E-state index contributed by atoms with van der Waals surface area (Å²) >= 11 is 0. The van der Waals surface area contributed by atoms with Crippen molar-refractivity contribution in [3.63, 3.8) is 0 Å². The lowest BCUT2D eigenvalue weighted by atomic mass is 9.90. The molecule has 12 heteroatoms. The number of hydrogen-bond acceptors (Lipinski definition) is 8. The van der Waals surface area contributed by atoms with E-state index in [0.717, 1.165) is 12.8 Å². The van der Waals surface area contributed by atoms with Gasteiger partial charge in [0.1, 0.15) is 29.6 Å². The second-order valence-electron chi connectivity index (χ2n) is 12.9. The number of nitrogens with one attached hydrogen (secondary N) is 2. The Morgan fingerprint density at radius 2 is 2.00 bits per heavy atom. The van der Waals surface area contributed by atoms with E-state index in [-0.39, 0.29) is 47.7 Å². The van der Waals surface area contributed by atoms with Gasteiger partial charge in [0.2, 0.25) is 11.8 Å². The molecular formula is C35H39N7O5. The van der Waals surface area contributed by atoms with E-state index in [1.807, 2.05) is 6.07 Å². The Morgan fingerprint density at radius 1 is 1.19 bits per heavy atom. The summed E-state index contributed by atoms with van der Waals surface area (Å²) in [6, 6.07) is 10.3. The Balaban J connectivity index is 1.26. The van der Waals surface area contributed by atoms with Crippen molar-refractivity contribution in [2.45, 2.75) is 52.8 Å². The minimum atomic E-state index is -0.355. The molecule has 2 aliphatic rings. The first-order valence-electron chi connectivity index (χ1n) is 15.6. The standard InChI is InChI=1S/C35H39N7O5/c1-6-30(44)37-21(2)20-47-31-9-7-8-29(39-31)38-26-14-23(18-40(5)33(26)45)24-10-11-36-32(25(24)19-43)42-13-12-41-27(34(42)46)15-22-16-35(3,4)17-28(22)41/h6-11,14-15,18,21,43H,1,12-13,16-17,19-20H2,2-5H3,(H,37,44)(H,38,39). The van der Waals surface area contributed by atoms with Crippen molar-refractivity contribution >= 4 is 29.1 Å². The summed E-state index contributed by atoms with van der Waals surface area (Å²) in [6.45, 7) is 10.7. The number of amides is 2. The summed E-state index contributed by atoms with van der Waals surface area (Å²) in [7, 11) is 1.65. The van der Waals surface area contributed by atoms with Crippen LogP contribution in [0.1, 0.15) is 48.1 Å². The van der Waals surface area contributed by atoms with E-state index >= 15 is 0 Å². The molecule has 1 aliphatic heterocycles. The summed E-state index contributed by atoms with van der Waals surface area (Å²) in [5, 5.41) is 16.4. The van der Waals surface area contributed by atoms with E-state index in [4.69, 9.17) is 4.74 Å². The number of aliphatic hydroxyl groups excluding tert-OH is 1. The quantitative estimate of drug-likeness (QED) is 0.223. The van der Waals surface area contributed by atoms with Gasteiger partial charge in [0.25, 0.3) is 11.5 Å². The molecule has 244 valence electrons. The van der Waals surface area contributed by atoms with Crippen molar-refractivity contribution in [1.29, 1.82) is 0 Å². The predicted octanol–water partition coefficient (Wildman–Crippen LogP) is 3.73. The Labute approximate surface area is 272 Å². The number of carbonyl (C=O) groups is 2. The SMILES string of the molecule is C=CC(=O)NC(C)COc1cccc(Nc2cc(-c3ccnc(N4CCn5c(cc6c5CC(C)(C)C6)C4=O)c3CO)cn(C)c2=O)n1. The number of rotatable bonds is 10. The van der Waals surface area contributed by atoms with Crippen molar-refractivity contribution in [3.8, 4) is 17.0 Å². The second-order valence-corrected chi connectivity index (χ2v) is 12.9. The summed E-state index contributed by atoms with van der Waals surface area (Å²) in [4.78, 5) is 49.2. The molecule has 4 aromatic rings. The number of pyridine rings is 3. The topological polar surface area (TPSA) is 144 Å². The maximum Gasteiger partial charge on any atom is 0.276 e. The van der Waals surface area contributed by atoms with Crippen LogP contribution in [0.15, 0.2) is 66.2 Å². The molecule has 2 amide bonds. The molecule has 3 N–H and O–H groups in total. The van der Waals surface area contributed by atoms with Gasteiger partial charge in [0.05, 0.1) is 12.6 Å². The number of aliphatic hydroxyl groups is 1. The summed E-state index contributed by atoms with van der Waals surface area (Å²) in [5.74, 6) is 0.660. The van der Waals surface area contributed by atoms with Gasteiger partial charge in [0, 0.05) is 55.4 Å². The predicted molar refractivity (Wildman–Crippen MR) is 179 cm³/mol. The van der Waals surface area contributed by atoms with Crippen molar-refractivity contribution in [2.75, 3.05) is 23.4 Å². The summed E-state index contributed by atoms with van der Waals surface area (Å²) in [5.41, 5.74) is 5.07. The van der Waals surface area contributed by atoms with Crippen LogP contribution in [0.5, 0.6) is 5.88 Å². The lowest BCUT2D eigenvalue weighted by Crippen LogP contribution is -2.41. The van der Waals surface area contributed by atoms with Gasteiger partial charge in [0.15, 0.2) is 0 Å². The summed E-state index contributed by atoms with van der Waals surface area (Å²) < 4.78 is 9.34. The van der Waals surface area contributed by atoms with Crippen molar-refractivity contribution in [3.05, 3.63) is 94.3 Å². The number of aromatic nitrogens is 4. The van der Waals surface area contributed by atoms with Crippen LogP contribution in [0.3, 0.4) is 0 Å². The molecule has 0 saturated heterocycles. The molecular weight excluding hydrogens is 598 g/mol. The highest BCUT2D eigenvalue weighted by Gasteiger charge is 2.37. The minimum absolute atomic E-state index is 0.142. The number of nitrogens with zero attached hydrogens (tertiary/aromatic N) is 5. The Hall–Kier alpha value is -5.23. The first kappa shape index (κ1) is 31.7. The van der Waals surface area contributed by atoms with E-state index < -0.39 is 0 Å². The van der Waals surface area contributed by atoms with Crippen molar-refractivity contribution in [2.24, 2.45) is 12.5 Å². The third-order valence-electron chi connectivity index (χ3n) is 8.61. The van der Waals surface area contributed by atoms with Gasteiger partial charge in [-0.05, 0) is 66.6 Å². The van der Waals surface area contributed by atoms with Gasteiger partial charge >= 0.3 is 0 Å². The zero-order valence-electron chi connectivity index (χ0n) is 27.0. The zero-order chi connectivity index (χ0) is 33.5. The third-order valence-corrected chi connectivity index (χ3v) is 8.61. The highest BCUT2D eigenvalue weighted by Crippen LogP contribution is 2.40. The molecule has 0 radical (unpaired) electrons. The normalized spacial score (nSPS) is 15.5. The number of carbonyl (C=O) groups excluding carboxylic acids is 2. The number of hydrogen-bond donors (Lipinski definition) is 3. The average Bonchev–Trinajstić information content (AvgIpc) is 3.54. The van der Waals surface area contributed by atoms with Gasteiger partial charge in [-0.1, -0.05) is 26.5 Å². The Bertz CT molecular complexity index is 1940. The average molecular weight is 638 g/mol. The van der Waals surface area contributed by atoms with Gasteiger partial charge in [-0.25, -0.2) is 4.98 Å². The van der Waals surface area contributed by atoms with E-state index in [1.54, 1.807) is 61.6 Å². The van der Waals surface area contributed by atoms with Crippen molar-refractivity contribution < 1.29 is 19.4 Å². The minimum Gasteiger partial charge on any atom is -0.475 e. The molecule has 0 aromatic carbocycles. The fraction of sp³-hybridized carbons (Fsp3) is 0.343. The van der Waals surface area contributed by atoms with E-state index in [0.29, 0.717) is 53.0 Å². The number of anilines is 3. The van der Waals surface area contributed by atoms with E-state index in [2.05, 4.69) is 45.6 Å². The van der Waals surface area contributed by atoms with Crippen LogP contribution < -0.4 is 25.8 Å². The van der Waals surface area contributed by atoms with Gasteiger partial charge in [-0.15, -0.1) is 0 Å². The Kier molecular flexibility index (Phi) is 8.45. The monoisotopic (exact) mass is 637 g/mol. The van der Waals surface area contributed by atoms with Crippen LogP contribution in [-0.2, 0) is 37.8 Å². The van der Waals surface area contributed by atoms with Crippen LogP contribution in [0.2, 0.25) is 0 Å². The van der Waals surface area contributed by atoms with Gasteiger partial charge in [-0.2, -0.15) is 4.98 Å². The molecule has 1 unspecified atom stereocenters. The highest BCUT2D eigenvalue weighted by molar-refractivity contribution is 6.06. The largest absolute Gasteiger partial charge is 0.475 e. The molecule has 1 aliphatic carbocycles. The number of aryl methyl sites for hydroxylation is 1. The van der Waals surface area contributed by atoms with Crippen LogP contribution in [0, 0.1) is 5.41 Å². The smallest absolute Gasteiger partial charge is 0.276 e. The molecule has 5 heterocycles. The van der Waals surface area contributed by atoms with Crippen LogP contribution in [-0.4, -0.2) is 55.2 Å². The van der Waals surface area contributed by atoms with Crippen LogP contribution >= 0.6 is 0 Å². The second kappa shape index (κ2) is 12.5. The number of fused-ring (bicyclic) bond motifs is 3. The Morgan fingerprint density at radius 3 is 2.77 bits per heavy atom. The highest BCUT2D eigenvalue weighted by atomic mass is 16.5. The van der Waals surface area contributed by atoms with Gasteiger partial charge < -0.3 is 29.6 Å². The first-order valence-corrected chi connectivity index (χ1v) is 15.6. The lowest BCUT2D eigenvalue weighted by Gasteiger charge is -2.31. The molecule has 4 aromatic heterocycles. The first-order chi connectivity index (χ1) is 22.5. The molecule has 0 bridgehead atoms. The maximum atomic E-state index is 13.8. The number of ether oxygens (including phenoxy) is 1. The van der Waals surface area contributed by atoms with Crippen LogP contribution in [0.25, 0.3) is 11.1 Å². The molecule has 12 nitrogen and oxygen atoms in total. The molecule has 0 saturated carbocycles. The third kappa shape index (κ3) is 6.28. The molecule has 0 spiro atoms. The fourth-order valence-electron chi connectivity index (χ4n) is 6.46. The van der Waals surface area contributed by atoms with E-state index in [1.165, 1.54) is 21.9 Å². The molecule has 1 atom stereocenters. The maximum absolute atomic E-state index is 13.8. The molecule has 47 heavy (non-hydrogen) atoms.